The number of cyclic esters (lactones) is 1. The monoisotopic (exact) mass is 501 g/mol. The lowest BCUT2D eigenvalue weighted by molar-refractivity contribution is 0.139. The summed E-state index contributed by atoms with van der Waals surface area (Å²) in [6.45, 7) is 8.66. The second-order valence-electron chi connectivity index (χ2n) is 9.55. The molecule has 1 fully saturated rings. The fourth-order valence-corrected chi connectivity index (χ4v) is 4.75. The van der Waals surface area contributed by atoms with Crippen LogP contribution in [0.3, 0.4) is 0 Å². The summed E-state index contributed by atoms with van der Waals surface area (Å²) in [6.07, 6.45) is 1.81. The van der Waals surface area contributed by atoms with Crippen molar-refractivity contribution in [3.05, 3.63) is 94.0 Å². The van der Waals surface area contributed by atoms with E-state index < -0.39 is 18.2 Å². The minimum absolute atomic E-state index is 0.148. The van der Waals surface area contributed by atoms with Crippen LogP contribution in [0.1, 0.15) is 53.1 Å². The molecular formula is C31H35NO5. The third-order valence-electron chi connectivity index (χ3n) is 6.98. The number of nitrogens with zero attached hydrogens (tertiary/aromatic N) is 1. The van der Waals surface area contributed by atoms with E-state index in [2.05, 4.69) is 6.92 Å². The highest BCUT2D eigenvalue weighted by molar-refractivity contribution is 5.91. The molecule has 194 valence electrons. The highest BCUT2D eigenvalue weighted by Crippen LogP contribution is 2.39. The van der Waals surface area contributed by atoms with Crippen LogP contribution in [-0.4, -0.2) is 29.7 Å². The van der Waals surface area contributed by atoms with Crippen LogP contribution in [0.25, 0.3) is 0 Å². The standard InChI is InChI=1S/C31H35NO5/c1-5-6-17-27-23(4)28(35-19-25-15-11-8-12-16-25)21(2)22(3)29(27)37-31(34)32-26(20-36-30(32)33)18-24-13-9-7-10-14-24/h7-16,26H,5-6,17-20H2,1-4H3/t26-/m0/s1. The van der Waals surface area contributed by atoms with Crippen LogP contribution < -0.4 is 9.47 Å². The quantitative estimate of drug-likeness (QED) is 0.313. The molecule has 1 atom stereocenters. The van der Waals surface area contributed by atoms with Crippen molar-refractivity contribution in [1.29, 1.82) is 0 Å². The maximum atomic E-state index is 13.4. The number of unbranched alkanes of at least 4 members (excludes halogenated alkanes) is 1. The molecule has 6 heteroatoms. The van der Waals surface area contributed by atoms with Gasteiger partial charge in [0, 0.05) is 5.56 Å². The first-order valence-corrected chi connectivity index (χ1v) is 12.9. The van der Waals surface area contributed by atoms with Gasteiger partial charge >= 0.3 is 12.2 Å². The molecule has 2 amide bonds. The molecule has 0 radical (unpaired) electrons. The average Bonchev–Trinajstić information content (AvgIpc) is 3.27. The zero-order valence-corrected chi connectivity index (χ0v) is 22.1. The van der Waals surface area contributed by atoms with E-state index in [1.807, 2.05) is 81.4 Å². The second kappa shape index (κ2) is 12.0. The van der Waals surface area contributed by atoms with Gasteiger partial charge in [0.2, 0.25) is 0 Å². The number of hydrogen-bond donors (Lipinski definition) is 0. The van der Waals surface area contributed by atoms with E-state index in [9.17, 15) is 9.59 Å². The first kappa shape index (κ1) is 26.3. The van der Waals surface area contributed by atoms with Gasteiger partial charge in [-0.2, -0.15) is 0 Å². The van der Waals surface area contributed by atoms with Gasteiger partial charge in [0.1, 0.15) is 24.7 Å². The maximum absolute atomic E-state index is 13.4. The predicted molar refractivity (Wildman–Crippen MR) is 143 cm³/mol. The summed E-state index contributed by atoms with van der Waals surface area (Å²) < 4.78 is 17.5. The lowest BCUT2D eigenvalue weighted by atomic mass is 9.94. The predicted octanol–water partition coefficient (Wildman–Crippen LogP) is 7.10. The molecule has 0 N–H and O–H groups in total. The highest BCUT2D eigenvalue weighted by Gasteiger charge is 2.40. The number of carbonyl (C=O) groups is 2. The molecular weight excluding hydrogens is 466 g/mol. The number of carbonyl (C=O) groups excluding carboxylic acids is 2. The van der Waals surface area contributed by atoms with Crippen LogP contribution in [0, 0.1) is 20.8 Å². The molecule has 0 aliphatic carbocycles. The SMILES string of the molecule is CCCCc1c(C)c(OCc2ccccc2)c(C)c(C)c1OC(=O)N1C(=O)OC[C@@H]1Cc1ccccc1. The molecule has 3 aromatic carbocycles. The fourth-order valence-electron chi connectivity index (χ4n) is 4.75. The third kappa shape index (κ3) is 5.96. The van der Waals surface area contributed by atoms with Gasteiger partial charge in [-0.15, -0.1) is 0 Å². The smallest absolute Gasteiger partial charge is 0.425 e. The summed E-state index contributed by atoms with van der Waals surface area (Å²) >= 11 is 0. The fraction of sp³-hybridized carbons (Fsp3) is 0.355. The average molecular weight is 502 g/mol. The van der Waals surface area contributed by atoms with E-state index in [0.717, 1.165) is 63.3 Å². The molecule has 1 saturated heterocycles. The Bertz CT molecular complexity index is 1240. The van der Waals surface area contributed by atoms with Crippen LogP contribution in [0.4, 0.5) is 9.59 Å². The van der Waals surface area contributed by atoms with Crippen LogP contribution >= 0.6 is 0 Å². The van der Waals surface area contributed by atoms with Crippen LogP contribution in [-0.2, 0) is 24.2 Å². The van der Waals surface area contributed by atoms with E-state index in [-0.39, 0.29) is 6.61 Å². The molecule has 1 aliphatic heterocycles. The molecule has 6 nitrogen and oxygen atoms in total. The lowest BCUT2D eigenvalue weighted by Gasteiger charge is -2.24. The number of hydrogen-bond acceptors (Lipinski definition) is 5. The third-order valence-corrected chi connectivity index (χ3v) is 6.98. The summed E-state index contributed by atoms with van der Waals surface area (Å²) in [6, 6.07) is 19.4. The van der Waals surface area contributed by atoms with Crippen molar-refractivity contribution in [2.45, 2.75) is 66.0 Å². The van der Waals surface area contributed by atoms with Crippen LogP contribution in [0.2, 0.25) is 0 Å². The molecule has 4 rings (SSSR count). The van der Waals surface area contributed by atoms with Gasteiger partial charge in [0.15, 0.2) is 0 Å². The van der Waals surface area contributed by atoms with E-state index in [1.54, 1.807) is 0 Å². The van der Waals surface area contributed by atoms with Crippen molar-refractivity contribution in [3.8, 4) is 11.5 Å². The maximum Gasteiger partial charge on any atom is 0.425 e. The van der Waals surface area contributed by atoms with Crippen LogP contribution in [0.15, 0.2) is 60.7 Å². The number of rotatable bonds is 9. The van der Waals surface area contributed by atoms with Gasteiger partial charge in [0.25, 0.3) is 0 Å². The minimum Gasteiger partial charge on any atom is -0.488 e. The van der Waals surface area contributed by atoms with Crippen LogP contribution in [0.5, 0.6) is 11.5 Å². The van der Waals surface area contributed by atoms with E-state index in [1.165, 1.54) is 0 Å². The first-order chi connectivity index (χ1) is 17.9. The van der Waals surface area contributed by atoms with Crippen molar-refractivity contribution < 1.29 is 23.8 Å². The van der Waals surface area contributed by atoms with Gasteiger partial charge in [-0.1, -0.05) is 74.0 Å². The van der Waals surface area contributed by atoms with Gasteiger partial charge < -0.3 is 14.2 Å². The van der Waals surface area contributed by atoms with Crippen molar-refractivity contribution in [1.82, 2.24) is 4.90 Å². The Kier molecular flexibility index (Phi) is 8.49. The summed E-state index contributed by atoms with van der Waals surface area (Å²) in [4.78, 5) is 27.0. The Hall–Kier alpha value is -3.80. The summed E-state index contributed by atoms with van der Waals surface area (Å²) in [5.41, 5.74) is 5.76. The Morgan fingerprint density at radius 2 is 1.54 bits per heavy atom. The van der Waals surface area contributed by atoms with E-state index >= 15 is 0 Å². The van der Waals surface area contributed by atoms with Gasteiger partial charge in [0.05, 0.1) is 6.04 Å². The molecule has 1 aliphatic rings. The number of benzene rings is 3. The van der Waals surface area contributed by atoms with Gasteiger partial charge in [-0.25, -0.2) is 14.5 Å². The van der Waals surface area contributed by atoms with Gasteiger partial charge in [-0.3, -0.25) is 0 Å². The zero-order chi connectivity index (χ0) is 26.4. The Balaban J connectivity index is 1.61. The number of imide groups is 1. The molecule has 0 aromatic heterocycles. The van der Waals surface area contributed by atoms with Crippen molar-refractivity contribution in [3.63, 3.8) is 0 Å². The van der Waals surface area contributed by atoms with Gasteiger partial charge in [-0.05, 0) is 67.9 Å². The second-order valence-corrected chi connectivity index (χ2v) is 9.55. The van der Waals surface area contributed by atoms with Crippen molar-refractivity contribution in [2.24, 2.45) is 0 Å². The Morgan fingerprint density at radius 3 is 2.19 bits per heavy atom. The summed E-state index contributed by atoms with van der Waals surface area (Å²) in [5.74, 6) is 1.33. The number of ether oxygens (including phenoxy) is 3. The number of amides is 2. The molecule has 0 saturated carbocycles. The van der Waals surface area contributed by atoms with Crippen molar-refractivity contribution in [2.75, 3.05) is 6.61 Å². The first-order valence-electron chi connectivity index (χ1n) is 12.9. The molecule has 0 bridgehead atoms. The summed E-state index contributed by atoms with van der Waals surface area (Å²) in [7, 11) is 0. The largest absolute Gasteiger partial charge is 0.488 e. The molecule has 3 aromatic rings. The molecule has 37 heavy (non-hydrogen) atoms. The Labute approximate surface area is 219 Å². The summed E-state index contributed by atoms with van der Waals surface area (Å²) in [5, 5.41) is 0. The molecule has 0 unspecified atom stereocenters. The highest BCUT2D eigenvalue weighted by atomic mass is 16.6. The zero-order valence-electron chi connectivity index (χ0n) is 22.1. The molecule has 0 spiro atoms. The lowest BCUT2D eigenvalue weighted by Crippen LogP contribution is -2.42. The minimum atomic E-state index is -0.707. The normalized spacial score (nSPS) is 15.0. The van der Waals surface area contributed by atoms with E-state index in [0.29, 0.717) is 18.8 Å². The molecule has 1 heterocycles. The Morgan fingerprint density at radius 1 is 0.919 bits per heavy atom. The van der Waals surface area contributed by atoms with Crippen molar-refractivity contribution >= 4 is 12.2 Å². The van der Waals surface area contributed by atoms with E-state index in [4.69, 9.17) is 14.2 Å². The topological polar surface area (TPSA) is 65.1 Å².